The standard InChI is InChI=1S/C19H23N3O3S/c1-25-11-10-20-17(23)12-21-18(24)13-6-2-3-7-14(13)19-22-15-8-4-5-9-16(15)26-19/h2-5,8-9,13-14H,6-7,10-12H2,1H3,(H,20,23)(H,21,24). The summed E-state index contributed by atoms with van der Waals surface area (Å²) in [7, 11) is 1.58. The van der Waals surface area contributed by atoms with Crippen molar-refractivity contribution < 1.29 is 14.3 Å². The Morgan fingerprint density at radius 2 is 2.04 bits per heavy atom. The van der Waals surface area contributed by atoms with E-state index in [0.717, 1.165) is 21.6 Å². The van der Waals surface area contributed by atoms with E-state index in [0.29, 0.717) is 19.6 Å². The largest absolute Gasteiger partial charge is 0.383 e. The Labute approximate surface area is 156 Å². The topological polar surface area (TPSA) is 80.3 Å². The van der Waals surface area contributed by atoms with E-state index < -0.39 is 0 Å². The molecule has 0 aliphatic heterocycles. The van der Waals surface area contributed by atoms with Crippen LogP contribution in [0.3, 0.4) is 0 Å². The number of methoxy groups -OCH3 is 1. The van der Waals surface area contributed by atoms with Crippen LogP contribution >= 0.6 is 11.3 Å². The molecule has 2 unspecified atom stereocenters. The summed E-state index contributed by atoms with van der Waals surface area (Å²) in [5.74, 6) is -0.458. The van der Waals surface area contributed by atoms with Crippen LogP contribution in [0.2, 0.25) is 0 Å². The molecule has 1 aromatic heterocycles. The predicted molar refractivity (Wildman–Crippen MR) is 102 cm³/mol. The van der Waals surface area contributed by atoms with Gasteiger partial charge in [-0.1, -0.05) is 24.3 Å². The van der Waals surface area contributed by atoms with Gasteiger partial charge in [0.25, 0.3) is 0 Å². The van der Waals surface area contributed by atoms with Crippen molar-refractivity contribution in [2.45, 2.75) is 18.8 Å². The van der Waals surface area contributed by atoms with E-state index in [1.165, 1.54) is 0 Å². The van der Waals surface area contributed by atoms with Crippen molar-refractivity contribution in [3.05, 3.63) is 41.4 Å². The molecule has 0 spiro atoms. The summed E-state index contributed by atoms with van der Waals surface area (Å²) in [6.07, 6.45) is 5.60. The van der Waals surface area contributed by atoms with Crippen molar-refractivity contribution in [1.82, 2.24) is 15.6 Å². The van der Waals surface area contributed by atoms with Crippen molar-refractivity contribution in [3.8, 4) is 0 Å². The van der Waals surface area contributed by atoms with Gasteiger partial charge >= 0.3 is 0 Å². The van der Waals surface area contributed by atoms with Crippen molar-refractivity contribution in [3.63, 3.8) is 0 Å². The first-order chi connectivity index (χ1) is 12.7. The summed E-state index contributed by atoms with van der Waals surface area (Å²) >= 11 is 1.64. The number of rotatable bonds is 7. The van der Waals surface area contributed by atoms with Gasteiger partial charge in [-0.15, -0.1) is 11.3 Å². The zero-order valence-electron chi connectivity index (χ0n) is 14.7. The molecule has 2 amide bonds. The number of carbonyl (C=O) groups excluding carboxylic acids is 2. The fraction of sp³-hybridized carbons (Fsp3) is 0.421. The SMILES string of the molecule is COCCNC(=O)CNC(=O)C1CC=CCC1c1nc2ccccc2s1. The summed E-state index contributed by atoms with van der Waals surface area (Å²) < 4.78 is 6.02. The van der Waals surface area contributed by atoms with Crippen LogP contribution in [0.25, 0.3) is 10.2 Å². The van der Waals surface area contributed by atoms with Crippen LogP contribution < -0.4 is 10.6 Å². The maximum Gasteiger partial charge on any atom is 0.239 e. The highest BCUT2D eigenvalue weighted by Crippen LogP contribution is 2.38. The molecule has 0 saturated carbocycles. The van der Waals surface area contributed by atoms with Gasteiger partial charge < -0.3 is 15.4 Å². The van der Waals surface area contributed by atoms with Crippen LogP contribution in [0, 0.1) is 5.92 Å². The lowest BCUT2D eigenvalue weighted by molar-refractivity contribution is -0.129. The third-order valence-corrected chi connectivity index (χ3v) is 5.62. The van der Waals surface area contributed by atoms with E-state index in [1.54, 1.807) is 18.4 Å². The molecule has 6 nitrogen and oxygen atoms in total. The van der Waals surface area contributed by atoms with Gasteiger partial charge in [0.2, 0.25) is 11.8 Å². The molecule has 2 N–H and O–H groups in total. The molecule has 0 fully saturated rings. The number of allylic oxidation sites excluding steroid dienone is 2. The Bertz CT molecular complexity index is 769. The number of hydrogen-bond acceptors (Lipinski definition) is 5. The fourth-order valence-corrected chi connectivity index (χ4v) is 4.23. The molecule has 2 aromatic rings. The van der Waals surface area contributed by atoms with E-state index in [-0.39, 0.29) is 30.2 Å². The third kappa shape index (κ3) is 4.47. The summed E-state index contributed by atoms with van der Waals surface area (Å²) in [5, 5.41) is 6.45. The van der Waals surface area contributed by atoms with E-state index in [9.17, 15) is 9.59 Å². The number of ether oxygens (including phenoxy) is 1. The van der Waals surface area contributed by atoms with Crippen LogP contribution in [0.4, 0.5) is 0 Å². The lowest BCUT2D eigenvalue weighted by Crippen LogP contribution is -2.42. The summed E-state index contributed by atoms with van der Waals surface area (Å²) in [4.78, 5) is 29.2. The molecule has 0 bridgehead atoms. The number of para-hydroxylation sites is 1. The minimum Gasteiger partial charge on any atom is -0.383 e. The summed E-state index contributed by atoms with van der Waals surface area (Å²) in [6, 6.07) is 8.01. The number of fused-ring (bicyclic) bond motifs is 1. The van der Waals surface area contributed by atoms with Crippen molar-refractivity contribution in [2.24, 2.45) is 5.92 Å². The van der Waals surface area contributed by atoms with E-state index in [1.807, 2.05) is 24.3 Å². The van der Waals surface area contributed by atoms with Crippen LogP contribution in [-0.4, -0.2) is 43.6 Å². The van der Waals surface area contributed by atoms with Crippen LogP contribution in [0.1, 0.15) is 23.8 Å². The number of nitrogens with zero attached hydrogens (tertiary/aromatic N) is 1. The minimum atomic E-state index is -0.210. The quantitative estimate of drug-likeness (QED) is 0.576. The van der Waals surface area contributed by atoms with Crippen molar-refractivity contribution >= 4 is 33.4 Å². The molecule has 1 aliphatic carbocycles. The molecular formula is C19H23N3O3S. The maximum absolute atomic E-state index is 12.7. The highest BCUT2D eigenvalue weighted by atomic mass is 32.1. The maximum atomic E-state index is 12.7. The molecule has 1 aromatic carbocycles. The second-order valence-electron chi connectivity index (χ2n) is 6.24. The molecule has 1 aliphatic rings. The van der Waals surface area contributed by atoms with Crippen molar-refractivity contribution in [2.75, 3.05) is 26.8 Å². The Morgan fingerprint density at radius 1 is 1.23 bits per heavy atom. The number of benzene rings is 1. The van der Waals surface area contributed by atoms with Gasteiger partial charge in [0, 0.05) is 19.6 Å². The molecule has 2 atom stereocenters. The van der Waals surface area contributed by atoms with Gasteiger partial charge in [-0.25, -0.2) is 4.98 Å². The number of amides is 2. The molecule has 0 saturated heterocycles. The number of nitrogens with one attached hydrogen (secondary N) is 2. The van der Waals surface area contributed by atoms with E-state index in [4.69, 9.17) is 9.72 Å². The monoisotopic (exact) mass is 373 g/mol. The van der Waals surface area contributed by atoms with Crippen LogP contribution in [0.15, 0.2) is 36.4 Å². The Kier molecular flexibility index (Phi) is 6.35. The Hall–Kier alpha value is -2.25. The highest BCUT2D eigenvalue weighted by Gasteiger charge is 2.32. The van der Waals surface area contributed by atoms with Gasteiger partial charge in [0.1, 0.15) is 0 Å². The number of aromatic nitrogens is 1. The zero-order chi connectivity index (χ0) is 18.4. The van der Waals surface area contributed by atoms with Gasteiger partial charge in [-0.3, -0.25) is 9.59 Å². The first-order valence-corrected chi connectivity index (χ1v) is 9.54. The number of carbonyl (C=O) groups is 2. The first kappa shape index (κ1) is 18.5. The van der Waals surface area contributed by atoms with E-state index >= 15 is 0 Å². The number of thiazole rings is 1. The predicted octanol–water partition coefficient (Wildman–Crippen LogP) is 2.22. The molecule has 7 heteroatoms. The summed E-state index contributed by atoms with van der Waals surface area (Å²) in [6.45, 7) is 0.869. The Balaban J connectivity index is 1.64. The second kappa shape index (κ2) is 8.91. The normalized spacial score (nSPS) is 19.4. The number of hydrogen-bond donors (Lipinski definition) is 2. The molecule has 0 radical (unpaired) electrons. The lowest BCUT2D eigenvalue weighted by Gasteiger charge is -2.25. The first-order valence-electron chi connectivity index (χ1n) is 8.73. The minimum absolute atomic E-state index is 0.0185. The molecule has 138 valence electrons. The second-order valence-corrected chi connectivity index (χ2v) is 7.30. The van der Waals surface area contributed by atoms with Gasteiger partial charge in [-0.05, 0) is 25.0 Å². The third-order valence-electron chi connectivity index (χ3n) is 4.45. The summed E-state index contributed by atoms with van der Waals surface area (Å²) in [5.41, 5.74) is 0.971. The smallest absolute Gasteiger partial charge is 0.239 e. The molecule has 3 rings (SSSR count). The fourth-order valence-electron chi connectivity index (χ4n) is 3.08. The van der Waals surface area contributed by atoms with E-state index in [2.05, 4.69) is 22.8 Å². The molecule has 1 heterocycles. The van der Waals surface area contributed by atoms with Crippen LogP contribution in [-0.2, 0) is 14.3 Å². The average Bonchev–Trinajstić information content (AvgIpc) is 3.10. The molecular weight excluding hydrogens is 350 g/mol. The zero-order valence-corrected chi connectivity index (χ0v) is 15.6. The van der Waals surface area contributed by atoms with Gasteiger partial charge in [-0.2, -0.15) is 0 Å². The van der Waals surface area contributed by atoms with Gasteiger partial charge in [0.05, 0.1) is 34.3 Å². The van der Waals surface area contributed by atoms with Crippen molar-refractivity contribution in [1.29, 1.82) is 0 Å². The lowest BCUT2D eigenvalue weighted by atomic mass is 9.82. The Morgan fingerprint density at radius 3 is 2.85 bits per heavy atom. The highest BCUT2D eigenvalue weighted by molar-refractivity contribution is 7.18. The molecule has 26 heavy (non-hydrogen) atoms. The van der Waals surface area contributed by atoms with Gasteiger partial charge in [0.15, 0.2) is 0 Å². The average molecular weight is 373 g/mol. The van der Waals surface area contributed by atoms with Crippen LogP contribution in [0.5, 0.6) is 0 Å².